The van der Waals surface area contributed by atoms with E-state index in [0.717, 1.165) is 26.6 Å². The summed E-state index contributed by atoms with van der Waals surface area (Å²) in [5, 5.41) is 3.74. The van der Waals surface area contributed by atoms with E-state index in [1.165, 1.54) is 0 Å². The van der Waals surface area contributed by atoms with Gasteiger partial charge in [0.2, 0.25) is 0 Å². The van der Waals surface area contributed by atoms with Gasteiger partial charge < -0.3 is 14.9 Å². The number of benzene rings is 1. The number of rotatable bonds is 3. The molecule has 1 aromatic carbocycles. The Balaban J connectivity index is 1.90. The lowest BCUT2D eigenvalue weighted by atomic mass is 10.1. The van der Waals surface area contributed by atoms with Crippen LogP contribution in [0.1, 0.15) is 27.2 Å². The Kier molecular flexibility index (Phi) is 4.32. The highest BCUT2D eigenvalue weighted by molar-refractivity contribution is 9.10. The van der Waals surface area contributed by atoms with Gasteiger partial charge in [0.25, 0.3) is 11.5 Å². The summed E-state index contributed by atoms with van der Waals surface area (Å²) in [6.45, 7) is 3.91. The quantitative estimate of drug-likeness (QED) is 0.724. The van der Waals surface area contributed by atoms with Gasteiger partial charge in [-0.2, -0.15) is 0 Å². The predicted molar refractivity (Wildman–Crippen MR) is 98.3 cm³/mol. The van der Waals surface area contributed by atoms with Crippen LogP contribution in [0.2, 0.25) is 0 Å². The second-order valence-electron chi connectivity index (χ2n) is 5.94. The van der Waals surface area contributed by atoms with E-state index in [1.54, 1.807) is 6.07 Å². The summed E-state index contributed by atoms with van der Waals surface area (Å²) in [6.07, 6.45) is 1.92. The van der Waals surface area contributed by atoms with Crippen molar-refractivity contribution < 1.29 is 4.79 Å². The van der Waals surface area contributed by atoms with E-state index in [-0.39, 0.29) is 18.0 Å². The molecule has 0 atom stereocenters. The molecule has 0 unspecified atom stereocenters. The number of nitrogens with one attached hydrogen (secondary N) is 2. The predicted octanol–water partition coefficient (Wildman–Crippen LogP) is 3.18. The summed E-state index contributed by atoms with van der Waals surface area (Å²) in [4.78, 5) is 27.5. The molecule has 1 amide bonds. The molecule has 0 saturated carbocycles. The topological polar surface area (TPSA) is 66.9 Å². The minimum atomic E-state index is -0.202. The Morgan fingerprint density at radius 1 is 1.29 bits per heavy atom. The Hall–Kier alpha value is -2.34. The molecule has 0 aliphatic heterocycles. The van der Waals surface area contributed by atoms with Crippen molar-refractivity contribution in [3.63, 3.8) is 0 Å². The highest BCUT2D eigenvalue weighted by Crippen LogP contribution is 2.25. The second kappa shape index (κ2) is 6.28. The van der Waals surface area contributed by atoms with Crippen LogP contribution in [0.25, 0.3) is 10.9 Å². The lowest BCUT2D eigenvalue weighted by molar-refractivity contribution is 0.0952. The third-order valence-corrected chi connectivity index (χ3v) is 4.59. The summed E-state index contributed by atoms with van der Waals surface area (Å²) in [5.74, 6) is -0.202. The fourth-order valence-electron chi connectivity index (χ4n) is 2.89. The molecule has 0 fully saturated rings. The molecule has 3 rings (SSSR count). The number of amides is 1. The fourth-order valence-corrected chi connectivity index (χ4v) is 3.34. The first-order valence-electron chi connectivity index (χ1n) is 7.59. The number of aryl methyl sites for hydroxylation is 3. The van der Waals surface area contributed by atoms with E-state index in [2.05, 4.69) is 26.2 Å². The molecule has 124 valence electrons. The lowest BCUT2D eigenvalue weighted by Gasteiger charge is -2.10. The Bertz CT molecular complexity index is 1000. The molecule has 0 radical (unpaired) electrons. The smallest absolute Gasteiger partial charge is 0.253 e. The summed E-state index contributed by atoms with van der Waals surface area (Å²) >= 11 is 3.45. The van der Waals surface area contributed by atoms with Crippen molar-refractivity contribution >= 4 is 32.7 Å². The van der Waals surface area contributed by atoms with Gasteiger partial charge in [0, 0.05) is 52.0 Å². The van der Waals surface area contributed by atoms with Gasteiger partial charge in [-0.1, -0.05) is 15.9 Å². The maximum Gasteiger partial charge on any atom is 0.253 e. The summed E-state index contributed by atoms with van der Waals surface area (Å²) in [6, 6.07) is 7.59. The number of pyridine rings is 1. The van der Waals surface area contributed by atoms with E-state index in [1.807, 2.05) is 49.9 Å². The van der Waals surface area contributed by atoms with E-state index >= 15 is 0 Å². The van der Waals surface area contributed by atoms with Crippen LogP contribution in [0.4, 0.5) is 0 Å². The van der Waals surface area contributed by atoms with E-state index in [9.17, 15) is 9.59 Å². The van der Waals surface area contributed by atoms with Crippen molar-refractivity contribution in [1.29, 1.82) is 0 Å². The molecule has 24 heavy (non-hydrogen) atoms. The molecule has 2 aromatic heterocycles. The zero-order valence-corrected chi connectivity index (χ0v) is 15.3. The number of aromatic nitrogens is 2. The van der Waals surface area contributed by atoms with Gasteiger partial charge in [-0.25, -0.2) is 0 Å². The van der Waals surface area contributed by atoms with Crippen LogP contribution in [0, 0.1) is 13.8 Å². The first kappa shape index (κ1) is 16.5. The Labute approximate surface area is 147 Å². The number of carbonyl (C=O) groups is 1. The van der Waals surface area contributed by atoms with Crippen LogP contribution in [-0.4, -0.2) is 15.5 Å². The van der Waals surface area contributed by atoms with Crippen molar-refractivity contribution in [3.05, 3.63) is 67.7 Å². The zero-order valence-electron chi connectivity index (χ0n) is 13.7. The van der Waals surface area contributed by atoms with Crippen molar-refractivity contribution in [1.82, 2.24) is 14.9 Å². The van der Waals surface area contributed by atoms with E-state index in [0.29, 0.717) is 11.1 Å². The molecule has 0 bridgehead atoms. The maximum atomic E-state index is 12.6. The second-order valence-corrected chi connectivity index (χ2v) is 6.85. The minimum Gasteiger partial charge on any atom is -0.350 e. The monoisotopic (exact) mass is 387 g/mol. The Morgan fingerprint density at radius 2 is 2.04 bits per heavy atom. The van der Waals surface area contributed by atoms with Gasteiger partial charge in [-0.05, 0) is 43.7 Å². The number of hydrogen-bond acceptors (Lipinski definition) is 2. The van der Waals surface area contributed by atoms with Crippen molar-refractivity contribution in [2.75, 3.05) is 0 Å². The first-order valence-corrected chi connectivity index (χ1v) is 8.38. The van der Waals surface area contributed by atoms with E-state index < -0.39 is 0 Å². The summed E-state index contributed by atoms with van der Waals surface area (Å²) in [5.41, 5.74) is 3.65. The number of carbonyl (C=O) groups excluding carboxylic acids is 1. The third-order valence-electron chi connectivity index (χ3n) is 4.13. The minimum absolute atomic E-state index is 0.160. The van der Waals surface area contributed by atoms with Gasteiger partial charge in [-0.3, -0.25) is 9.59 Å². The standard InChI is InChI=1S/C18H18BrN3O2/c1-10-6-11(2)21-18(24)15(10)9-20-17(23)14-7-12(19)8-16-13(14)4-5-22(16)3/h4-8H,9H2,1-3H3,(H,20,23)(H,21,24). The molecule has 3 aromatic rings. The largest absolute Gasteiger partial charge is 0.350 e. The molecule has 2 heterocycles. The third kappa shape index (κ3) is 3.01. The number of halogens is 1. The number of fused-ring (bicyclic) bond motifs is 1. The average Bonchev–Trinajstić information content (AvgIpc) is 2.86. The van der Waals surface area contributed by atoms with Gasteiger partial charge in [-0.15, -0.1) is 0 Å². The molecule has 6 heteroatoms. The summed E-state index contributed by atoms with van der Waals surface area (Å²) < 4.78 is 2.80. The van der Waals surface area contributed by atoms with Gasteiger partial charge in [0.15, 0.2) is 0 Å². The van der Waals surface area contributed by atoms with Crippen molar-refractivity contribution in [3.8, 4) is 0 Å². The van der Waals surface area contributed by atoms with Crippen LogP contribution in [0.15, 0.2) is 39.7 Å². The highest BCUT2D eigenvalue weighted by atomic mass is 79.9. The van der Waals surface area contributed by atoms with Gasteiger partial charge in [0.05, 0.1) is 0 Å². The highest BCUT2D eigenvalue weighted by Gasteiger charge is 2.14. The number of H-pyrrole nitrogens is 1. The van der Waals surface area contributed by atoms with Gasteiger partial charge in [0.1, 0.15) is 0 Å². The molecule has 0 aliphatic carbocycles. The van der Waals surface area contributed by atoms with Crippen LogP contribution >= 0.6 is 15.9 Å². The van der Waals surface area contributed by atoms with Crippen molar-refractivity contribution in [2.45, 2.75) is 20.4 Å². The Morgan fingerprint density at radius 3 is 2.75 bits per heavy atom. The zero-order chi connectivity index (χ0) is 17.4. The van der Waals surface area contributed by atoms with Crippen LogP contribution in [0.5, 0.6) is 0 Å². The molecule has 0 saturated heterocycles. The van der Waals surface area contributed by atoms with Crippen LogP contribution < -0.4 is 10.9 Å². The number of nitrogens with zero attached hydrogens (tertiary/aromatic N) is 1. The normalized spacial score (nSPS) is 11.0. The van der Waals surface area contributed by atoms with Gasteiger partial charge >= 0.3 is 0 Å². The first-order chi connectivity index (χ1) is 11.4. The van der Waals surface area contributed by atoms with Crippen molar-refractivity contribution in [2.24, 2.45) is 7.05 Å². The SMILES string of the molecule is Cc1cc(C)c(CNC(=O)c2cc(Br)cc3c2ccn3C)c(=O)[nH]1. The fraction of sp³-hybridized carbons (Fsp3) is 0.222. The maximum absolute atomic E-state index is 12.6. The molecule has 0 spiro atoms. The molecular weight excluding hydrogens is 370 g/mol. The van der Waals surface area contributed by atoms with Crippen LogP contribution in [0.3, 0.4) is 0 Å². The number of hydrogen-bond donors (Lipinski definition) is 2. The molecular formula is C18H18BrN3O2. The number of aromatic amines is 1. The molecule has 2 N–H and O–H groups in total. The molecule has 0 aliphatic rings. The van der Waals surface area contributed by atoms with Crippen LogP contribution in [-0.2, 0) is 13.6 Å². The van der Waals surface area contributed by atoms with E-state index in [4.69, 9.17) is 0 Å². The average molecular weight is 388 g/mol. The molecule has 5 nitrogen and oxygen atoms in total. The lowest BCUT2D eigenvalue weighted by Crippen LogP contribution is -2.28. The summed E-state index contributed by atoms with van der Waals surface area (Å²) in [7, 11) is 1.94.